The van der Waals surface area contributed by atoms with E-state index in [9.17, 15) is 4.79 Å². The van der Waals surface area contributed by atoms with Crippen molar-refractivity contribution in [2.45, 2.75) is 52.1 Å². The topological polar surface area (TPSA) is 81.9 Å². The van der Waals surface area contributed by atoms with Gasteiger partial charge in [-0.2, -0.15) is 0 Å². The molecule has 0 bridgehead atoms. The second-order valence-corrected chi connectivity index (χ2v) is 7.99. The highest BCUT2D eigenvalue weighted by molar-refractivity contribution is 6.02. The number of piperidine rings is 1. The van der Waals surface area contributed by atoms with Crippen LogP contribution in [-0.4, -0.2) is 49.0 Å². The van der Waals surface area contributed by atoms with E-state index in [4.69, 9.17) is 9.41 Å². The first-order valence-corrected chi connectivity index (χ1v) is 11.4. The van der Waals surface area contributed by atoms with Crippen LogP contribution in [0.2, 0.25) is 0 Å². The van der Waals surface area contributed by atoms with E-state index in [2.05, 4.69) is 34.7 Å². The van der Waals surface area contributed by atoms with Crippen LogP contribution in [0, 0.1) is 0 Å². The van der Waals surface area contributed by atoms with Crippen LogP contribution in [0.1, 0.15) is 55.6 Å². The normalized spacial score (nSPS) is 17.4. The number of hydrogen-bond acceptors (Lipinski definition) is 4. The van der Waals surface area contributed by atoms with Crippen molar-refractivity contribution in [1.29, 1.82) is 0 Å². The minimum atomic E-state index is -0.260. The highest BCUT2D eigenvalue weighted by Gasteiger charge is 2.17. The standard InChI is InChI=1S/C24H35N5O2/c1-3-25-24(26-13-8-15-29-14-5-4-9-19(29)2)27-18-20-10-6-11-21(17-20)28-23(30)22-12-7-16-31-22/h6-7,10-12,16-17,19H,3-5,8-9,13-15,18H2,1-2H3,(H,28,30)(H2,25,26,27). The number of benzene rings is 1. The molecular formula is C24H35N5O2. The van der Waals surface area contributed by atoms with E-state index in [1.807, 2.05) is 24.3 Å². The summed E-state index contributed by atoms with van der Waals surface area (Å²) >= 11 is 0. The van der Waals surface area contributed by atoms with Gasteiger partial charge >= 0.3 is 0 Å². The van der Waals surface area contributed by atoms with Crippen molar-refractivity contribution in [2.24, 2.45) is 4.99 Å². The van der Waals surface area contributed by atoms with Crippen molar-refractivity contribution in [3.8, 4) is 0 Å². The molecule has 2 aromatic rings. The van der Waals surface area contributed by atoms with Gasteiger partial charge in [0.25, 0.3) is 5.91 Å². The van der Waals surface area contributed by atoms with Crippen LogP contribution in [0.5, 0.6) is 0 Å². The number of nitrogens with zero attached hydrogens (tertiary/aromatic N) is 2. The maximum Gasteiger partial charge on any atom is 0.291 e. The number of carbonyl (C=O) groups excluding carboxylic acids is 1. The Bertz CT molecular complexity index is 834. The molecule has 1 atom stereocenters. The Hall–Kier alpha value is -2.80. The first-order valence-electron chi connectivity index (χ1n) is 11.4. The van der Waals surface area contributed by atoms with Crippen LogP contribution >= 0.6 is 0 Å². The van der Waals surface area contributed by atoms with Gasteiger partial charge in [-0.15, -0.1) is 0 Å². The highest BCUT2D eigenvalue weighted by Crippen LogP contribution is 2.16. The number of anilines is 1. The minimum Gasteiger partial charge on any atom is -0.459 e. The lowest BCUT2D eigenvalue weighted by atomic mass is 10.0. The van der Waals surface area contributed by atoms with Crippen LogP contribution in [0.4, 0.5) is 5.69 Å². The lowest BCUT2D eigenvalue weighted by Gasteiger charge is -2.33. The van der Waals surface area contributed by atoms with Gasteiger partial charge in [0.05, 0.1) is 12.8 Å². The summed E-state index contributed by atoms with van der Waals surface area (Å²) in [5.41, 5.74) is 1.75. The summed E-state index contributed by atoms with van der Waals surface area (Å²) in [6.07, 6.45) is 6.59. The zero-order chi connectivity index (χ0) is 21.9. The zero-order valence-corrected chi connectivity index (χ0v) is 18.7. The minimum absolute atomic E-state index is 0.260. The van der Waals surface area contributed by atoms with Gasteiger partial charge in [-0.25, -0.2) is 4.99 Å². The maximum atomic E-state index is 12.2. The molecule has 31 heavy (non-hydrogen) atoms. The molecular weight excluding hydrogens is 390 g/mol. The van der Waals surface area contributed by atoms with E-state index in [0.717, 1.165) is 43.3 Å². The van der Waals surface area contributed by atoms with Crippen molar-refractivity contribution < 1.29 is 9.21 Å². The smallest absolute Gasteiger partial charge is 0.291 e. The third-order valence-electron chi connectivity index (χ3n) is 5.55. The van der Waals surface area contributed by atoms with Crippen molar-refractivity contribution in [1.82, 2.24) is 15.5 Å². The van der Waals surface area contributed by atoms with Crippen LogP contribution in [-0.2, 0) is 6.54 Å². The molecule has 1 unspecified atom stereocenters. The number of nitrogens with one attached hydrogen (secondary N) is 3. The number of likely N-dealkylation sites (tertiary alicyclic amines) is 1. The molecule has 1 aromatic heterocycles. The number of aliphatic imine (C=N–C) groups is 1. The van der Waals surface area contributed by atoms with Gasteiger partial charge in [0, 0.05) is 31.4 Å². The molecule has 1 saturated heterocycles. The predicted octanol–water partition coefficient (Wildman–Crippen LogP) is 3.85. The van der Waals surface area contributed by atoms with Gasteiger partial charge in [0.2, 0.25) is 0 Å². The first-order chi connectivity index (χ1) is 15.2. The fourth-order valence-electron chi connectivity index (χ4n) is 3.84. The molecule has 7 heteroatoms. The fraction of sp³-hybridized carbons (Fsp3) is 0.500. The summed E-state index contributed by atoms with van der Waals surface area (Å²) in [4.78, 5) is 19.5. The molecule has 3 N–H and O–H groups in total. The Kier molecular flexibility index (Phi) is 8.97. The van der Waals surface area contributed by atoms with E-state index in [1.165, 1.54) is 32.1 Å². The molecule has 3 rings (SSSR count). The summed E-state index contributed by atoms with van der Waals surface area (Å²) in [7, 11) is 0. The number of furan rings is 1. The van der Waals surface area contributed by atoms with Crippen LogP contribution in [0.15, 0.2) is 52.1 Å². The largest absolute Gasteiger partial charge is 0.459 e. The second-order valence-electron chi connectivity index (χ2n) is 7.99. The quantitative estimate of drug-likeness (QED) is 0.323. The maximum absolute atomic E-state index is 12.2. The van der Waals surface area contributed by atoms with Crippen molar-refractivity contribution in [3.05, 3.63) is 54.0 Å². The Morgan fingerprint density at radius 1 is 1.23 bits per heavy atom. The molecule has 1 fully saturated rings. The summed E-state index contributed by atoms with van der Waals surface area (Å²) < 4.78 is 5.14. The number of carbonyl (C=O) groups is 1. The van der Waals surface area contributed by atoms with Crippen molar-refractivity contribution in [3.63, 3.8) is 0 Å². The molecule has 1 aliphatic rings. The molecule has 0 spiro atoms. The number of hydrogen-bond donors (Lipinski definition) is 3. The van der Waals surface area contributed by atoms with E-state index < -0.39 is 0 Å². The highest BCUT2D eigenvalue weighted by atomic mass is 16.3. The molecule has 7 nitrogen and oxygen atoms in total. The summed E-state index contributed by atoms with van der Waals surface area (Å²) in [5.74, 6) is 0.851. The number of amides is 1. The third kappa shape index (κ3) is 7.43. The lowest BCUT2D eigenvalue weighted by molar-refractivity contribution is 0.0996. The van der Waals surface area contributed by atoms with Crippen LogP contribution < -0.4 is 16.0 Å². The fourth-order valence-corrected chi connectivity index (χ4v) is 3.84. The molecule has 1 aliphatic heterocycles. The SMILES string of the molecule is CCNC(=NCc1cccc(NC(=O)c2ccco2)c1)NCCCN1CCCCC1C. The van der Waals surface area contributed by atoms with E-state index >= 15 is 0 Å². The Labute approximate surface area is 185 Å². The van der Waals surface area contributed by atoms with Crippen LogP contribution in [0.25, 0.3) is 0 Å². The third-order valence-corrected chi connectivity index (χ3v) is 5.55. The molecule has 0 radical (unpaired) electrons. The van der Waals surface area contributed by atoms with Gasteiger partial charge in [-0.1, -0.05) is 18.6 Å². The Morgan fingerprint density at radius 3 is 2.90 bits per heavy atom. The Balaban J connectivity index is 1.48. The van der Waals surface area contributed by atoms with Gasteiger partial charge < -0.3 is 25.3 Å². The van der Waals surface area contributed by atoms with E-state index in [1.54, 1.807) is 12.1 Å². The second kappa shape index (κ2) is 12.2. The molecule has 1 aromatic carbocycles. The molecule has 168 valence electrons. The van der Waals surface area contributed by atoms with Gasteiger partial charge in [-0.3, -0.25) is 4.79 Å². The van der Waals surface area contributed by atoms with Gasteiger partial charge in [-0.05, 0) is 69.5 Å². The molecule has 1 amide bonds. The average Bonchev–Trinajstić information content (AvgIpc) is 3.31. The molecule has 0 aliphatic carbocycles. The van der Waals surface area contributed by atoms with Gasteiger partial charge in [0.1, 0.15) is 0 Å². The van der Waals surface area contributed by atoms with Crippen molar-refractivity contribution in [2.75, 3.05) is 31.5 Å². The predicted molar refractivity (Wildman–Crippen MR) is 125 cm³/mol. The number of guanidine groups is 1. The van der Waals surface area contributed by atoms with Gasteiger partial charge in [0.15, 0.2) is 11.7 Å². The number of rotatable bonds is 9. The monoisotopic (exact) mass is 425 g/mol. The summed E-state index contributed by atoms with van der Waals surface area (Å²) in [6, 6.07) is 11.8. The molecule has 2 heterocycles. The van der Waals surface area contributed by atoms with E-state index in [-0.39, 0.29) is 5.91 Å². The summed E-state index contributed by atoms with van der Waals surface area (Å²) in [6.45, 7) is 9.00. The zero-order valence-electron chi connectivity index (χ0n) is 18.7. The average molecular weight is 426 g/mol. The first kappa shape index (κ1) is 22.9. The Morgan fingerprint density at radius 2 is 2.13 bits per heavy atom. The van der Waals surface area contributed by atoms with Crippen molar-refractivity contribution >= 4 is 17.6 Å². The van der Waals surface area contributed by atoms with Crippen LogP contribution in [0.3, 0.4) is 0 Å². The lowest BCUT2D eigenvalue weighted by Crippen LogP contribution is -2.41. The molecule has 0 saturated carbocycles. The van der Waals surface area contributed by atoms with E-state index in [0.29, 0.717) is 18.3 Å². The summed E-state index contributed by atoms with van der Waals surface area (Å²) in [5, 5.41) is 9.61.